The van der Waals surface area contributed by atoms with Crippen molar-refractivity contribution in [3.63, 3.8) is 0 Å². The molecule has 0 aromatic heterocycles. The Morgan fingerprint density at radius 1 is 0.297 bits per heavy atom. The number of nitrogens with one attached hydrogen (secondary N) is 1. The lowest BCUT2D eigenvalue weighted by molar-refractivity contribution is -0.143. The van der Waals surface area contributed by atoms with Crippen LogP contribution in [0.5, 0.6) is 0 Å². The van der Waals surface area contributed by atoms with Crippen LogP contribution in [0, 0.1) is 0 Å². The van der Waals surface area contributed by atoms with Gasteiger partial charge in [0.05, 0.1) is 25.4 Å². The summed E-state index contributed by atoms with van der Waals surface area (Å²) in [7, 11) is 0. The number of hydrogen-bond donors (Lipinski definition) is 3. The van der Waals surface area contributed by atoms with Gasteiger partial charge >= 0.3 is 5.97 Å². The molecule has 0 heterocycles. The van der Waals surface area contributed by atoms with Gasteiger partial charge in [-0.05, 0) is 77.0 Å². The zero-order valence-electron chi connectivity index (χ0n) is 62.1. The highest BCUT2D eigenvalue weighted by molar-refractivity contribution is 5.76. The molecule has 2 unspecified atom stereocenters. The third-order valence-corrected chi connectivity index (χ3v) is 20.0. The first-order valence-electron chi connectivity index (χ1n) is 42.1. The van der Waals surface area contributed by atoms with Crippen LogP contribution in [0.3, 0.4) is 0 Å². The van der Waals surface area contributed by atoms with Crippen molar-refractivity contribution < 1.29 is 24.5 Å². The number of ether oxygens (including phenoxy) is 1. The van der Waals surface area contributed by atoms with Gasteiger partial charge in [0.15, 0.2) is 0 Å². The van der Waals surface area contributed by atoms with Crippen molar-refractivity contribution in [1.82, 2.24) is 5.32 Å². The molecule has 91 heavy (non-hydrogen) atoms. The SMILES string of the molecule is CCCCCCCCC/C=C\CCCCCCCCCC(=O)OCCCCCCCCCCCCCC/C=C\CCCCCCCCCCCCCCCCCCC(=O)NC(CO)C(O)CCCCCCCCCCCCCCCCCCCCCCCCCC. The number of carbonyl (C=O) groups excluding carboxylic acids is 2. The van der Waals surface area contributed by atoms with Crippen molar-refractivity contribution in [2.45, 2.75) is 495 Å². The van der Waals surface area contributed by atoms with Gasteiger partial charge in [-0.2, -0.15) is 0 Å². The molecular formula is C85H165NO5. The van der Waals surface area contributed by atoms with Gasteiger partial charge in [-0.25, -0.2) is 0 Å². The standard InChI is InChI=1S/C85H165NO5/c1-3-5-7-9-11-13-15-17-19-21-23-24-25-36-39-42-45-49-53-57-61-65-69-73-77-83(88)82(81-87)86-84(89)78-74-70-66-62-58-54-50-46-43-40-37-34-32-30-28-26-27-29-31-33-35-38-41-44-48-52-56-60-64-68-72-76-80-91-85(90)79-75-71-67-63-59-55-51-47-22-20-18-16-14-12-10-8-6-4-2/h20,22,29,31,82-83,87-88H,3-19,21,23-28,30,32-81H2,1-2H3,(H,86,89)/b22-20-,31-29-. The second-order valence-corrected chi connectivity index (χ2v) is 29.2. The van der Waals surface area contributed by atoms with E-state index >= 15 is 0 Å². The molecule has 0 aromatic carbocycles. The number of rotatable bonds is 80. The molecule has 0 spiro atoms. The molecule has 0 aliphatic rings. The lowest BCUT2D eigenvalue weighted by Gasteiger charge is -2.22. The van der Waals surface area contributed by atoms with E-state index in [9.17, 15) is 19.8 Å². The van der Waals surface area contributed by atoms with E-state index in [1.807, 2.05) is 0 Å². The van der Waals surface area contributed by atoms with Crippen molar-refractivity contribution in [2.24, 2.45) is 0 Å². The largest absolute Gasteiger partial charge is 0.466 e. The molecule has 540 valence electrons. The number of aliphatic hydroxyl groups excluding tert-OH is 2. The highest BCUT2D eigenvalue weighted by Gasteiger charge is 2.20. The summed E-state index contributed by atoms with van der Waals surface area (Å²) in [6.45, 7) is 5.01. The minimum absolute atomic E-state index is 0.0166. The van der Waals surface area contributed by atoms with Gasteiger partial charge < -0.3 is 20.3 Å². The van der Waals surface area contributed by atoms with E-state index in [0.29, 0.717) is 25.9 Å². The van der Waals surface area contributed by atoms with E-state index in [0.717, 1.165) is 44.9 Å². The lowest BCUT2D eigenvalue weighted by atomic mass is 10.0. The summed E-state index contributed by atoms with van der Waals surface area (Å²) in [4.78, 5) is 24.7. The highest BCUT2D eigenvalue weighted by atomic mass is 16.5. The van der Waals surface area contributed by atoms with Crippen LogP contribution >= 0.6 is 0 Å². The molecule has 0 saturated carbocycles. The minimum Gasteiger partial charge on any atom is -0.466 e. The Labute approximate surface area is 571 Å². The summed E-state index contributed by atoms with van der Waals surface area (Å²) in [5.74, 6) is -0.00968. The van der Waals surface area contributed by atoms with Gasteiger partial charge in [0, 0.05) is 12.8 Å². The van der Waals surface area contributed by atoms with Crippen LogP contribution < -0.4 is 5.32 Å². The first kappa shape index (κ1) is 89.3. The summed E-state index contributed by atoms with van der Waals surface area (Å²) in [5.41, 5.74) is 0. The molecule has 0 fully saturated rings. The van der Waals surface area contributed by atoms with Crippen LogP contribution in [-0.4, -0.2) is 47.4 Å². The Balaban J connectivity index is 3.35. The number of allylic oxidation sites excluding steroid dienone is 4. The molecule has 0 rings (SSSR count). The number of aliphatic hydroxyl groups is 2. The maximum absolute atomic E-state index is 12.6. The Bertz CT molecular complexity index is 1430. The Morgan fingerprint density at radius 2 is 0.516 bits per heavy atom. The van der Waals surface area contributed by atoms with Crippen molar-refractivity contribution in [3.8, 4) is 0 Å². The van der Waals surface area contributed by atoms with Gasteiger partial charge in [0.1, 0.15) is 0 Å². The van der Waals surface area contributed by atoms with Crippen molar-refractivity contribution >= 4 is 11.9 Å². The van der Waals surface area contributed by atoms with Crippen LogP contribution in [0.1, 0.15) is 483 Å². The molecule has 0 aliphatic heterocycles. The number of carbonyl (C=O) groups is 2. The fourth-order valence-electron chi connectivity index (χ4n) is 13.6. The first-order valence-corrected chi connectivity index (χ1v) is 42.1. The van der Waals surface area contributed by atoms with Crippen LogP contribution in [0.25, 0.3) is 0 Å². The smallest absolute Gasteiger partial charge is 0.305 e. The molecule has 2 atom stereocenters. The third-order valence-electron chi connectivity index (χ3n) is 20.0. The monoisotopic (exact) mass is 1280 g/mol. The third kappa shape index (κ3) is 77.2. The van der Waals surface area contributed by atoms with Gasteiger partial charge in [0.2, 0.25) is 5.91 Å². The average Bonchev–Trinajstić information content (AvgIpc) is 3.66. The average molecular weight is 1280 g/mol. The Kier molecular flexibility index (Phi) is 79.3. The van der Waals surface area contributed by atoms with Gasteiger partial charge in [-0.1, -0.05) is 417 Å². The zero-order valence-corrected chi connectivity index (χ0v) is 62.1. The molecule has 0 saturated heterocycles. The summed E-state index contributed by atoms with van der Waals surface area (Å²) in [5, 5.41) is 23.5. The van der Waals surface area contributed by atoms with E-state index in [-0.39, 0.29) is 18.5 Å². The van der Waals surface area contributed by atoms with Gasteiger partial charge in [-0.3, -0.25) is 9.59 Å². The molecule has 3 N–H and O–H groups in total. The number of hydrogen-bond acceptors (Lipinski definition) is 5. The molecular weight excluding hydrogens is 1110 g/mol. The molecule has 1 amide bonds. The summed E-state index contributed by atoms with van der Waals surface area (Å²) < 4.78 is 5.51. The van der Waals surface area contributed by atoms with E-state index in [2.05, 4.69) is 43.5 Å². The Morgan fingerprint density at radius 3 is 0.780 bits per heavy atom. The fraction of sp³-hybridized carbons (Fsp3) is 0.929. The molecule has 0 aliphatic carbocycles. The summed E-state index contributed by atoms with van der Waals surface area (Å²) in [6.07, 6.45) is 104. The Hall–Kier alpha value is -1.66. The second-order valence-electron chi connectivity index (χ2n) is 29.2. The van der Waals surface area contributed by atoms with E-state index in [1.165, 1.54) is 405 Å². The molecule has 0 radical (unpaired) electrons. The molecule has 0 bridgehead atoms. The predicted molar refractivity (Wildman–Crippen MR) is 403 cm³/mol. The van der Waals surface area contributed by atoms with E-state index < -0.39 is 12.1 Å². The molecule has 6 heteroatoms. The quantitative estimate of drug-likeness (QED) is 0.0320. The molecule has 0 aromatic rings. The normalized spacial score (nSPS) is 12.5. The minimum atomic E-state index is -0.664. The van der Waals surface area contributed by atoms with Crippen molar-refractivity contribution in [3.05, 3.63) is 24.3 Å². The van der Waals surface area contributed by atoms with Crippen LogP contribution in [0.2, 0.25) is 0 Å². The maximum atomic E-state index is 12.6. The van der Waals surface area contributed by atoms with Crippen LogP contribution in [0.15, 0.2) is 24.3 Å². The molecule has 6 nitrogen and oxygen atoms in total. The van der Waals surface area contributed by atoms with Gasteiger partial charge in [0.25, 0.3) is 0 Å². The van der Waals surface area contributed by atoms with Crippen LogP contribution in [-0.2, 0) is 14.3 Å². The number of amides is 1. The maximum Gasteiger partial charge on any atom is 0.305 e. The van der Waals surface area contributed by atoms with Crippen molar-refractivity contribution in [1.29, 1.82) is 0 Å². The second kappa shape index (κ2) is 80.8. The first-order chi connectivity index (χ1) is 45.0. The lowest BCUT2D eigenvalue weighted by Crippen LogP contribution is -2.45. The number of unbranched alkanes of at least 4 members (excludes halogenated alkanes) is 65. The number of esters is 1. The van der Waals surface area contributed by atoms with E-state index in [1.54, 1.807) is 0 Å². The predicted octanol–water partition coefficient (Wildman–Crippen LogP) is 28.0. The summed E-state index contributed by atoms with van der Waals surface area (Å²) >= 11 is 0. The summed E-state index contributed by atoms with van der Waals surface area (Å²) in [6, 6.07) is -0.541. The van der Waals surface area contributed by atoms with Crippen molar-refractivity contribution in [2.75, 3.05) is 13.2 Å². The van der Waals surface area contributed by atoms with E-state index in [4.69, 9.17) is 4.74 Å². The highest BCUT2D eigenvalue weighted by Crippen LogP contribution is 2.20. The van der Waals surface area contributed by atoms with Gasteiger partial charge in [-0.15, -0.1) is 0 Å². The zero-order chi connectivity index (χ0) is 65.6. The van der Waals surface area contributed by atoms with Crippen LogP contribution in [0.4, 0.5) is 0 Å². The topological polar surface area (TPSA) is 95.9 Å². The fourth-order valence-corrected chi connectivity index (χ4v) is 13.6.